The molecule has 138 valence electrons. The number of hydrogen-bond acceptors (Lipinski definition) is 3. The number of hydrogen-bond donors (Lipinski definition) is 0. The van der Waals surface area contributed by atoms with E-state index in [9.17, 15) is 14.4 Å². The third kappa shape index (κ3) is 2.77. The zero-order chi connectivity index (χ0) is 19.1. The Balaban J connectivity index is 1.71. The van der Waals surface area contributed by atoms with E-state index >= 15 is 0 Å². The highest BCUT2D eigenvalue weighted by Crippen LogP contribution is 2.33. The Bertz CT molecular complexity index is 903. The molecule has 27 heavy (non-hydrogen) atoms. The van der Waals surface area contributed by atoms with Gasteiger partial charge in [-0.1, -0.05) is 36.4 Å². The number of amides is 4. The average Bonchev–Trinajstić information content (AvgIpc) is 2.93. The van der Waals surface area contributed by atoms with E-state index in [1.807, 2.05) is 24.3 Å². The summed E-state index contributed by atoms with van der Waals surface area (Å²) in [5, 5.41) is 0. The molecule has 0 saturated heterocycles. The molecule has 0 radical (unpaired) electrons. The molecule has 1 unspecified atom stereocenters. The fraction of sp³-hybridized carbons (Fsp3) is 0.286. The molecule has 2 aliphatic rings. The van der Waals surface area contributed by atoms with Crippen molar-refractivity contribution in [2.75, 3.05) is 27.2 Å². The summed E-state index contributed by atoms with van der Waals surface area (Å²) in [6.07, 6.45) is 0.758. The minimum absolute atomic E-state index is 0.119. The Morgan fingerprint density at radius 1 is 1.00 bits per heavy atom. The molecule has 0 fully saturated rings. The number of rotatable bonds is 2. The van der Waals surface area contributed by atoms with Gasteiger partial charge in [-0.2, -0.15) is 0 Å². The predicted molar refractivity (Wildman–Crippen MR) is 100 cm³/mol. The highest BCUT2D eigenvalue weighted by molar-refractivity contribution is 6.21. The molecule has 0 spiro atoms. The molecule has 2 aromatic rings. The van der Waals surface area contributed by atoms with Gasteiger partial charge in [0.15, 0.2) is 0 Å². The lowest BCUT2D eigenvalue weighted by Crippen LogP contribution is -2.49. The molecule has 0 saturated carbocycles. The number of carbonyl (C=O) groups is 3. The van der Waals surface area contributed by atoms with Gasteiger partial charge >= 0.3 is 6.03 Å². The Labute approximate surface area is 158 Å². The Hall–Kier alpha value is -3.15. The van der Waals surface area contributed by atoms with Crippen molar-refractivity contribution in [3.63, 3.8) is 0 Å². The van der Waals surface area contributed by atoms with Gasteiger partial charge in [0.25, 0.3) is 11.8 Å². The second-order valence-electron chi connectivity index (χ2n) is 7.10. The molecule has 4 rings (SSSR count). The number of imide groups is 1. The Kier molecular flexibility index (Phi) is 4.18. The summed E-state index contributed by atoms with van der Waals surface area (Å²) >= 11 is 0. The van der Waals surface area contributed by atoms with Gasteiger partial charge in [0, 0.05) is 20.6 Å². The van der Waals surface area contributed by atoms with Gasteiger partial charge in [-0.25, -0.2) is 4.79 Å². The first kappa shape index (κ1) is 17.3. The van der Waals surface area contributed by atoms with E-state index in [0.717, 1.165) is 17.5 Å². The van der Waals surface area contributed by atoms with Crippen molar-refractivity contribution >= 4 is 17.8 Å². The third-order valence-corrected chi connectivity index (χ3v) is 5.27. The maximum absolute atomic E-state index is 12.8. The van der Waals surface area contributed by atoms with Crippen LogP contribution in [0.2, 0.25) is 0 Å². The number of benzene rings is 2. The van der Waals surface area contributed by atoms with E-state index in [2.05, 4.69) is 0 Å². The standard InChI is InChI=1S/C21H21N3O3/c1-22(2)21(27)23-12-11-14-7-3-4-8-15(14)18(23)13-24-19(25)16-9-5-6-10-17(16)20(24)26/h3-10,18H,11-13H2,1-2H3. The van der Waals surface area contributed by atoms with Gasteiger partial charge in [0.2, 0.25) is 0 Å². The maximum Gasteiger partial charge on any atom is 0.320 e. The van der Waals surface area contributed by atoms with Gasteiger partial charge in [-0.15, -0.1) is 0 Å². The smallest absolute Gasteiger partial charge is 0.320 e. The predicted octanol–water partition coefficient (Wildman–Crippen LogP) is 2.56. The van der Waals surface area contributed by atoms with E-state index in [4.69, 9.17) is 0 Å². The molecular weight excluding hydrogens is 342 g/mol. The summed E-state index contributed by atoms with van der Waals surface area (Å²) in [4.78, 5) is 42.9. The minimum Gasteiger partial charge on any atom is -0.331 e. The van der Waals surface area contributed by atoms with Crippen molar-refractivity contribution in [1.82, 2.24) is 14.7 Å². The highest BCUT2D eigenvalue weighted by atomic mass is 16.2. The van der Waals surface area contributed by atoms with Crippen molar-refractivity contribution in [3.8, 4) is 0 Å². The molecule has 1 atom stereocenters. The molecule has 2 heterocycles. The van der Waals surface area contributed by atoms with E-state index in [1.165, 1.54) is 9.80 Å². The molecule has 0 bridgehead atoms. The van der Waals surface area contributed by atoms with Crippen LogP contribution >= 0.6 is 0 Å². The molecular formula is C21H21N3O3. The topological polar surface area (TPSA) is 60.9 Å². The number of carbonyl (C=O) groups excluding carboxylic acids is 3. The van der Waals surface area contributed by atoms with Crippen molar-refractivity contribution < 1.29 is 14.4 Å². The lowest BCUT2D eigenvalue weighted by atomic mass is 9.92. The van der Waals surface area contributed by atoms with Crippen LogP contribution in [-0.2, 0) is 6.42 Å². The van der Waals surface area contributed by atoms with Crippen molar-refractivity contribution in [2.24, 2.45) is 0 Å². The van der Waals surface area contributed by atoms with Crippen LogP contribution in [0.15, 0.2) is 48.5 Å². The fourth-order valence-electron chi connectivity index (χ4n) is 3.91. The zero-order valence-electron chi connectivity index (χ0n) is 15.4. The van der Waals surface area contributed by atoms with Crippen molar-refractivity contribution in [2.45, 2.75) is 12.5 Å². The molecule has 0 N–H and O–H groups in total. The molecule has 6 heteroatoms. The number of urea groups is 1. The number of nitrogens with zero attached hydrogens (tertiary/aromatic N) is 3. The lowest BCUT2D eigenvalue weighted by molar-refractivity contribution is 0.0587. The molecule has 6 nitrogen and oxygen atoms in total. The Morgan fingerprint density at radius 2 is 1.59 bits per heavy atom. The second-order valence-corrected chi connectivity index (χ2v) is 7.10. The van der Waals surface area contributed by atoms with E-state index < -0.39 is 0 Å². The third-order valence-electron chi connectivity index (χ3n) is 5.27. The van der Waals surface area contributed by atoms with Gasteiger partial charge in [0.05, 0.1) is 23.7 Å². The van der Waals surface area contributed by atoms with Gasteiger partial charge in [-0.05, 0) is 29.7 Å². The van der Waals surface area contributed by atoms with Crippen LogP contribution in [0, 0.1) is 0 Å². The monoisotopic (exact) mass is 363 g/mol. The average molecular weight is 363 g/mol. The van der Waals surface area contributed by atoms with Crippen LogP contribution in [0.4, 0.5) is 4.79 Å². The van der Waals surface area contributed by atoms with Gasteiger partial charge in [-0.3, -0.25) is 14.5 Å². The molecule has 4 amide bonds. The molecule has 2 aliphatic heterocycles. The summed E-state index contributed by atoms with van der Waals surface area (Å²) in [6.45, 7) is 0.713. The Morgan fingerprint density at radius 3 is 2.22 bits per heavy atom. The van der Waals surface area contributed by atoms with Crippen LogP contribution in [0.25, 0.3) is 0 Å². The van der Waals surface area contributed by atoms with Crippen LogP contribution in [-0.4, -0.2) is 59.7 Å². The first-order valence-electron chi connectivity index (χ1n) is 9.00. The van der Waals surface area contributed by atoms with Crippen LogP contribution in [0.1, 0.15) is 37.9 Å². The lowest BCUT2D eigenvalue weighted by Gasteiger charge is -2.40. The van der Waals surface area contributed by atoms with Gasteiger partial charge < -0.3 is 9.80 Å². The zero-order valence-corrected chi connectivity index (χ0v) is 15.4. The molecule has 2 aromatic carbocycles. The normalized spacial score (nSPS) is 18.4. The summed E-state index contributed by atoms with van der Waals surface area (Å²) in [6, 6.07) is 14.3. The van der Waals surface area contributed by atoms with Crippen molar-refractivity contribution in [1.29, 1.82) is 0 Å². The summed E-state index contributed by atoms with van der Waals surface area (Å²) < 4.78 is 0. The van der Waals surface area contributed by atoms with Gasteiger partial charge in [0.1, 0.15) is 0 Å². The maximum atomic E-state index is 12.8. The van der Waals surface area contributed by atoms with Crippen LogP contribution < -0.4 is 0 Å². The first-order chi connectivity index (χ1) is 13.0. The number of fused-ring (bicyclic) bond motifs is 2. The fourth-order valence-corrected chi connectivity index (χ4v) is 3.91. The van der Waals surface area contributed by atoms with E-state index in [0.29, 0.717) is 17.7 Å². The SMILES string of the molecule is CN(C)C(=O)N1CCc2ccccc2C1CN1C(=O)c2ccccc2C1=O. The minimum atomic E-state index is -0.355. The van der Waals surface area contributed by atoms with Crippen molar-refractivity contribution in [3.05, 3.63) is 70.8 Å². The highest BCUT2D eigenvalue weighted by Gasteiger charge is 2.40. The first-order valence-corrected chi connectivity index (χ1v) is 9.00. The summed E-state index contributed by atoms with van der Waals surface area (Å²) in [5.41, 5.74) is 3.01. The van der Waals surface area contributed by atoms with Crippen LogP contribution in [0.3, 0.4) is 0 Å². The quantitative estimate of drug-likeness (QED) is 0.771. The second kappa shape index (κ2) is 6.54. The molecule has 0 aromatic heterocycles. The summed E-state index contributed by atoms with van der Waals surface area (Å²) in [7, 11) is 3.42. The summed E-state index contributed by atoms with van der Waals surface area (Å²) in [5.74, 6) is -0.591. The molecule has 0 aliphatic carbocycles. The van der Waals surface area contributed by atoms with E-state index in [-0.39, 0.29) is 30.4 Å². The largest absolute Gasteiger partial charge is 0.331 e. The van der Waals surface area contributed by atoms with E-state index in [1.54, 1.807) is 43.3 Å². The van der Waals surface area contributed by atoms with Crippen LogP contribution in [0.5, 0.6) is 0 Å².